The fourth-order valence-corrected chi connectivity index (χ4v) is 4.40. The van der Waals surface area contributed by atoms with E-state index in [0.717, 1.165) is 28.3 Å². The molecule has 1 unspecified atom stereocenters. The average molecular weight is 508 g/mol. The van der Waals surface area contributed by atoms with E-state index in [-0.39, 0.29) is 24.4 Å². The Bertz CT molecular complexity index is 1150. The van der Waals surface area contributed by atoms with Gasteiger partial charge in [-0.05, 0) is 62.1 Å². The fourth-order valence-electron chi connectivity index (χ4n) is 4.20. The molecule has 192 valence electrons. The smallest absolute Gasteiger partial charge is 0.254 e. The molecular weight excluding hydrogens is 470 g/mol. The van der Waals surface area contributed by atoms with Crippen LogP contribution in [-0.4, -0.2) is 45.3 Å². The van der Waals surface area contributed by atoms with Gasteiger partial charge in [-0.2, -0.15) is 0 Å². The molecule has 0 aliphatic rings. The van der Waals surface area contributed by atoms with Gasteiger partial charge in [0.05, 0.1) is 6.54 Å². The molecule has 1 atom stereocenters. The highest BCUT2D eigenvalue weighted by atomic mass is 35.5. The van der Waals surface area contributed by atoms with Crippen molar-refractivity contribution >= 4 is 23.4 Å². The van der Waals surface area contributed by atoms with Crippen molar-refractivity contribution in [3.8, 4) is 0 Å². The van der Waals surface area contributed by atoms with Crippen LogP contribution in [0, 0.1) is 12.8 Å². The molecule has 0 bridgehead atoms. The van der Waals surface area contributed by atoms with Gasteiger partial charge in [-0.3, -0.25) is 9.59 Å². The summed E-state index contributed by atoms with van der Waals surface area (Å²) in [6.07, 6.45) is 2.79. The number of hydrogen-bond acceptors (Lipinski definition) is 2. The van der Waals surface area contributed by atoms with Crippen LogP contribution in [0.5, 0.6) is 0 Å². The van der Waals surface area contributed by atoms with Crippen molar-refractivity contribution in [3.63, 3.8) is 0 Å². The van der Waals surface area contributed by atoms with E-state index in [9.17, 15) is 9.59 Å². The molecule has 2 amide bonds. The van der Waals surface area contributed by atoms with Crippen LogP contribution in [0.4, 0.5) is 0 Å². The number of aromatic nitrogens is 1. The first-order valence-corrected chi connectivity index (χ1v) is 13.1. The lowest BCUT2D eigenvalue weighted by molar-refractivity contribution is -0.133. The molecule has 36 heavy (non-hydrogen) atoms. The minimum Gasteiger partial charge on any atom is -0.345 e. The van der Waals surface area contributed by atoms with E-state index in [1.54, 1.807) is 4.90 Å². The number of carbonyl (C=O) groups is 2. The Kier molecular flexibility index (Phi) is 9.77. The molecule has 6 heteroatoms. The van der Waals surface area contributed by atoms with Gasteiger partial charge in [0.15, 0.2) is 0 Å². The van der Waals surface area contributed by atoms with E-state index in [0.29, 0.717) is 31.1 Å². The topological polar surface area (TPSA) is 45.6 Å². The number of benzene rings is 2. The predicted molar refractivity (Wildman–Crippen MR) is 147 cm³/mol. The van der Waals surface area contributed by atoms with Gasteiger partial charge in [0, 0.05) is 41.6 Å². The maximum absolute atomic E-state index is 13.7. The number of amides is 2. The summed E-state index contributed by atoms with van der Waals surface area (Å²) in [5, 5.41) is 0.728. The summed E-state index contributed by atoms with van der Waals surface area (Å²) in [6.45, 7) is 12.0. The molecule has 0 radical (unpaired) electrons. The molecule has 1 aromatic heterocycles. The van der Waals surface area contributed by atoms with Crippen molar-refractivity contribution < 1.29 is 9.59 Å². The van der Waals surface area contributed by atoms with Crippen LogP contribution in [-0.2, 0) is 17.9 Å². The zero-order chi connectivity index (χ0) is 26.2. The molecule has 0 fully saturated rings. The van der Waals surface area contributed by atoms with Gasteiger partial charge in [-0.25, -0.2) is 0 Å². The Morgan fingerprint density at radius 1 is 0.972 bits per heavy atom. The van der Waals surface area contributed by atoms with Crippen LogP contribution in [0.3, 0.4) is 0 Å². The van der Waals surface area contributed by atoms with Crippen LogP contribution >= 0.6 is 11.6 Å². The molecular formula is C30H38ClN3O2. The van der Waals surface area contributed by atoms with Crippen molar-refractivity contribution in [1.29, 1.82) is 0 Å². The molecule has 2 aromatic carbocycles. The largest absolute Gasteiger partial charge is 0.345 e. The number of halogens is 1. The zero-order valence-corrected chi connectivity index (χ0v) is 22.8. The zero-order valence-electron chi connectivity index (χ0n) is 22.1. The summed E-state index contributed by atoms with van der Waals surface area (Å²) in [7, 11) is 0. The van der Waals surface area contributed by atoms with Crippen LogP contribution in [0.2, 0.25) is 5.02 Å². The van der Waals surface area contributed by atoms with E-state index in [4.69, 9.17) is 11.6 Å². The molecule has 0 saturated heterocycles. The minimum absolute atomic E-state index is 0.0463. The number of aryl methyl sites for hydroxylation is 1. The van der Waals surface area contributed by atoms with Crippen LogP contribution in [0.25, 0.3) is 0 Å². The SMILES string of the molecule is CCC(C)N(CC(=O)N(Cc1cccn1Cc1ccccc1Cl)CC(C)C)C(=O)c1ccc(C)cc1. The number of hydrogen-bond donors (Lipinski definition) is 0. The molecule has 0 spiro atoms. The highest BCUT2D eigenvalue weighted by molar-refractivity contribution is 6.31. The third kappa shape index (κ3) is 7.23. The van der Waals surface area contributed by atoms with Crippen molar-refractivity contribution in [1.82, 2.24) is 14.4 Å². The van der Waals surface area contributed by atoms with E-state index < -0.39 is 0 Å². The van der Waals surface area contributed by atoms with E-state index in [1.807, 2.05) is 92.5 Å². The highest BCUT2D eigenvalue weighted by Crippen LogP contribution is 2.19. The van der Waals surface area contributed by atoms with E-state index >= 15 is 0 Å². The Morgan fingerprint density at radius 2 is 1.67 bits per heavy atom. The maximum atomic E-state index is 13.7. The summed E-state index contributed by atoms with van der Waals surface area (Å²) in [5.74, 6) is 0.144. The van der Waals surface area contributed by atoms with Crippen molar-refractivity contribution in [2.45, 2.75) is 60.2 Å². The van der Waals surface area contributed by atoms with Gasteiger partial charge >= 0.3 is 0 Å². The standard InChI is InChI=1S/C30H38ClN3O2/c1-6-24(5)34(30(36)25-15-13-23(4)14-16-25)21-29(35)33(18-22(2)3)20-27-11-9-17-32(27)19-26-10-7-8-12-28(26)31/h7-17,22,24H,6,18-21H2,1-5H3. The molecule has 0 saturated carbocycles. The fraction of sp³-hybridized carbons (Fsp3) is 0.400. The predicted octanol–water partition coefficient (Wildman–Crippen LogP) is 6.42. The van der Waals surface area contributed by atoms with Gasteiger partial charge in [0.1, 0.15) is 6.54 Å². The van der Waals surface area contributed by atoms with Crippen molar-refractivity contribution in [3.05, 3.63) is 94.3 Å². The van der Waals surface area contributed by atoms with Gasteiger partial charge in [0.2, 0.25) is 5.91 Å². The summed E-state index contributed by atoms with van der Waals surface area (Å²) < 4.78 is 2.13. The van der Waals surface area contributed by atoms with E-state index in [1.165, 1.54) is 0 Å². The van der Waals surface area contributed by atoms with Crippen molar-refractivity contribution in [2.75, 3.05) is 13.1 Å². The molecule has 0 aliphatic carbocycles. The third-order valence-corrected chi connectivity index (χ3v) is 6.87. The second-order valence-electron chi connectivity index (χ2n) is 9.94. The summed E-state index contributed by atoms with van der Waals surface area (Å²) in [4.78, 5) is 30.6. The molecule has 0 aliphatic heterocycles. The lowest BCUT2D eigenvalue weighted by Crippen LogP contribution is -2.47. The van der Waals surface area contributed by atoms with Gasteiger partial charge in [-0.1, -0.05) is 68.3 Å². The monoisotopic (exact) mass is 507 g/mol. The number of carbonyl (C=O) groups excluding carboxylic acids is 2. The lowest BCUT2D eigenvalue weighted by Gasteiger charge is -2.32. The maximum Gasteiger partial charge on any atom is 0.254 e. The van der Waals surface area contributed by atoms with Gasteiger partial charge < -0.3 is 14.4 Å². The highest BCUT2D eigenvalue weighted by Gasteiger charge is 2.26. The quantitative estimate of drug-likeness (QED) is 0.300. The molecule has 0 N–H and O–H groups in total. The van der Waals surface area contributed by atoms with Crippen LogP contribution < -0.4 is 0 Å². The van der Waals surface area contributed by atoms with Crippen LogP contribution in [0.1, 0.15) is 61.3 Å². The summed E-state index contributed by atoms with van der Waals surface area (Å²) in [5.41, 5.74) is 3.77. The second kappa shape index (κ2) is 12.8. The van der Waals surface area contributed by atoms with E-state index in [2.05, 4.69) is 18.4 Å². The minimum atomic E-state index is -0.107. The molecule has 3 rings (SSSR count). The van der Waals surface area contributed by atoms with Gasteiger partial charge in [0.25, 0.3) is 5.91 Å². The molecule has 1 heterocycles. The lowest BCUT2D eigenvalue weighted by atomic mass is 10.1. The van der Waals surface area contributed by atoms with Crippen molar-refractivity contribution in [2.24, 2.45) is 5.92 Å². The Hall–Kier alpha value is -3.05. The molecule has 5 nitrogen and oxygen atoms in total. The Balaban J connectivity index is 1.80. The first-order chi connectivity index (χ1) is 17.2. The number of nitrogens with zero attached hydrogens (tertiary/aromatic N) is 3. The Labute approximate surface area is 220 Å². The third-order valence-electron chi connectivity index (χ3n) is 6.50. The second-order valence-corrected chi connectivity index (χ2v) is 10.4. The van der Waals surface area contributed by atoms with Gasteiger partial charge in [-0.15, -0.1) is 0 Å². The average Bonchev–Trinajstić information content (AvgIpc) is 3.29. The summed E-state index contributed by atoms with van der Waals surface area (Å²) >= 11 is 6.39. The first-order valence-electron chi connectivity index (χ1n) is 12.7. The van der Waals surface area contributed by atoms with Crippen LogP contribution in [0.15, 0.2) is 66.9 Å². The summed E-state index contributed by atoms with van der Waals surface area (Å²) in [6, 6.07) is 19.3. The molecule has 3 aromatic rings. The Morgan fingerprint density at radius 3 is 2.31 bits per heavy atom. The number of rotatable bonds is 11. The first kappa shape index (κ1) is 27.5. The normalized spacial score (nSPS) is 12.0.